The minimum Gasteiger partial charge on any atom is -0.457 e. The zero-order valence-corrected chi connectivity index (χ0v) is 32.7. The van der Waals surface area contributed by atoms with Gasteiger partial charge < -0.3 is 20.9 Å². The van der Waals surface area contributed by atoms with Gasteiger partial charge in [0.15, 0.2) is 0 Å². The van der Waals surface area contributed by atoms with E-state index in [2.05, 4.69) is 58.9 Å². The molecule has 4 heteroatoms. The number of aryl methyl sites for hydroxylation is 4. The van der Waals surface area contributed by atoms with Crippen molar-refractivity contribution in [3.8, 4) is 23.0 Å². The number of anilines is 2. The van der Waals surface area contributed by atoms with E-state index in [4.69, 9.17) is 20.9 Å². The van der Waals surface area contributed by atoms with Crippen LogP contribution in [0.2, 0.25) is 0 Å². The number of unbranched alkanes of at least 4 members (excludes halogenated alkanes) is 5. The van der Waals surface area contributed by atoms with Gasteiger partial charge in [-0.3, -0.25) is 0 Å². The van der Waals surface area contributed by atoms with Crippen LogP contribution in [-0.2, 0) is 5.41 Å². The summed E-state index contributed by atoms with van der Waals surface area (Å²) in [6.45, 7) is 11.1. The minimum atomic E-state index is -0.0595. The Morgan fingerprint density at radius 2 is 0.942 bits per heavy atom. The predicted molar refractivity (Wildman–Crippen MR) is 220 cm³/mol. The molecule has 4 aromatic rings. The largest absolute Gasteiger partial charge is 0.457 e. The summed E-state index contributed by atoms with van der Waals surface area (Å²) in [5, 5.41) is 0. The van der Waals surface area contributed by atoms with Crippen molar-refractivity contribution in [2.75, 3.05) is 11.5 Å². The van der Waals surface area contributed by atoms with Gasteiger partial charge in [-0.05, 0) is 166 Å². The Kier molecular flexibility index (Phi) is 12.6. The molecule has 4 aromatic carbocycles. The maximum Gasteiger partial charge on any atom is 0.133 e. The van der Waals surface area contributed by atoms with E-state index in [1.807, 2.05) is 48.5 Å². The van der Waals surface area contributed by atoms with E-state index in [-0.39, 0.29) is 5.41 Å². The van der Waals surface area contributed by atoms with Crippen LogP contribution in [0.4, 0.5) is 11.4 Å². The van der Waals surface area contributed by atoms with Crippen molar-refractivity contribution in [3.63, 3.8) is 0 Å². The fraction of sp³-hybridized carbons (Fsp3) is 0.500. The molecule has 0 aliphatic heterocycles. The van der Waals surface area contributed by atoms with Gasteiger partial charge in [0.25, 0.3) is 0 Å². The maximum absolute atomic E-state index is 6.47. The summed E-state index contributed by atoms with van der Waals surface area (Å²) in [6.07, 6.45) is 20.6. The molecule has 0 saturated heterocycles. The topological polar surface area (TPSA) is 70.5 Å². The molecule has 2 aliphatic carbocycles. The quantitative estimate of drug-likeness (QED) is 0.101. The summed E-state index contributed by atoms with van der Waals surface area (Å²) in [5.74, 6) is 6.18. The molecule has 0 heterocycles. The summed E-state index contributed by atoms with van der Waals surface area (Å²) in [6, 6.07) is 25.1. The molecule has 4 N–H and O–H groups in total. The molecule has 52 heavy (non-hydrogen) atoms. The molecule has 2 fully saturated rings. The number of ether oxygens (including phenoxy) is 2. The maximum atomic E-state index is 6.47. The third kappa shape index (κ3) is 8.99. The second kappa shape index (κ2) is 17.3. The summed E-state index contributed by atoms with van der Waals surface area (Å²) in [4.78, 5) is 0. The molecule has 6 rings (SSSR count). The van der Waals surface area contributed by atoms with Crippen LogP contribution in [0.3, 0.4) is 0 Å². The average Bonchev–Trinajstić information content (AvgIpc) is 3.14. The van der Waals surface area contributed by atoms with Gasteiger partial charge in [0.05, 0.1) is 0 Å². The zero-order valence-electron chi connectivity index (χ0n) is 32.7. The van der Waals surface area contributed by atoms with Crippen LogP contribution in [0.1, 0.15) is 137 Å². The zero-order chi connectivity index (χ0) is 36.7. The predicted octanol–water partition coefficient (Wildman–Crippen LogP) is 13.7. The molecule has 0 bridgehead atoms. The third-order valence-corrected chi connectivity index (χ3v) is 12.6. The normalized spacial score (nSPS) is 19.0. The minimum absolute atomic E-state index is 0.0595. The first-order valence-electron chi connectivity index (χ1n) is 20.5. The van der Waals surface area contributed by atoms with E-state index in [1.54, 1.807) is 0 Å². The molecule has 0 amide bonds. The summed E-state index contributed by atoms with van der Waals surface area (Å²) < 4.78 is 12.9. The lowest BCUT2D eigenvalue weighted by Crippen LogP contribution is -2.36. The smallest absolute Gasteiger partial charge is 0.133 e. The highest BCUT2D eigenvalue weighted by Gasteiger charge is 2.42. The van der Waals surface area contributed by atoms with E-state index in [0.717, 1.165) is 52.1 Å². The van der Waals surface area contributed by atoms with Crippen molar-refractivity contribution in [1.29, 1.82) is 0 Å². The first-order valence-corrected chi connectivity index (χ1v) is 20.5. The molecule has 2 aliphatic rings. The van der Waals surface area contributed by atoms with Crippen molar-refractivity contribution in [2.45, 2.75) is 136 Å². The Morgan fingerprint density at radius 1 is 0.538 bits per heavy atom. The third-order valence-electron chi connectivity index (χ3n) is 12.6. The van der Waals surface area contributed by atoms with Gasteiger partial charge in [0.1, 0.15) is 23.0 Å². The van der Waals surface area contributed by atoms with Crippen LogP contribution in [0.25, 0.3) is 0 Å². The Balaban J connectivity index is 1.22. The monoisotopic (exact) mass is 700 g/mol. The number of nitrogen functional groups attached to an aromatic ring is 2. The fourth-order valence-electron chi connectivity index (χ4n) is 9.59. The molecule has 0 aromatic heterocycles. The number of benzene rings is 4. The standard InChI is InChI=1S/C48H64N2O2/c1-6-7-8-9-10-11-12-37-13-15-38(16-14-37)39-25-27-48(28-26-39,40-29-33(2)46(34(3)30-40)51-44-21-17-42(49)18-22-44)41-31-35(4)47(36(5)32-41)52-45-23-19-43(50)20-24-45/h17-24,29-32,37-39H,6-16,25-28,49-50H2,1-5H3. The van der Waals surface area contributed by atoms with E-state index in [9.17, 15) is 0 Å². The van der Waals surface area contributed by atoms with Crippen LogP contribution in [-0.4, -0.2) is 0 Å². The molecule has 2 saturated carbocycles. The number of nitrogens with two attached hydrogens (primary N) is 2. The molecule has 4 nitrogen and oxygen atoms in total. The Hall–Kier alpha value is -3.92. The summed E-state index contributed by atoms with van der Waals surface area (Å²) >= 11 is 0. The average molecular weight is 701 g/mol. The number of hydrogen-bond donors (Lipinski definition) is 2. The van der Waals surface area contributed by atoms with Crippen LogP contribution < -0.4 is 20.9 Å². The van der Waals surface area contributed by atoms with Gasteiger partial charge >= 0.3 is 0 Å². The van der Waals surface area contributed by atoms with Crippen molar-refractivity contribution in [1.82, 2.24) is 0 Å². The van der Waals surface area contributed by atoms with E-state index >= 15 is 0 Å². The second-order valence-corrected chi connectivity index (χ2v) is 16.5. The first kappa shape index (κ1) is 37.8. The van der Waals surface area contributed by atoms with Crippen LogP contribution in [0.15, 0.2) is 72.8 Å². The lowest BCUT2D eigenvalue weighted by Gasteiger charge is -2.45. The van der Waals surface area contributed by atoms with Crippen molar-refractivity contribution in [3.05, 3.63) is 106 Å². The second-order valence-electron chi connectivity index (χ2n) is 16.5. The highest BCUT2D eigenvalue weighted by Crippen LogP contribution is 2.52. The Bertz CT molecular complexity index is 1590. The molecular weight excluding hydrogens is 637 g/mol. The summed E-state index contributed by atoms with van der Waals surface area (Å²) in [7, 11) is 0. The Labute approximate surface area is 314 Å². The number of rotatable bonds is 14. The number of hydrogen-bond acceptors (Lipinski definition) is 4. The molecular formula is C48H64N2O2. The van der Waals surface area contributed by atoms with E-state index in [1.165, 1.54) is 130 Å². The molecule has 0 radical (unpaired) electrons. The molecule has 278 valence electrons. The van der Waals surface area contributed by atoms with Crippen LogP contribution in [0, 0.1) is 45.4 Å². The molecule has 0 unspecified atom stereocenters. The van der Waals surface area contributed by atoms with Crippen molar-refractivity contribution < 1.29 is 9.47 Å². The van der Waals surface area contributed by atoms with Crippen LogP contribution in [0.5, 0.6) is 23.0 Å². The van der Waals surface area contributed by atoms with E-state index < -0.39 is 0 Å². The Morgan fingerprint density at radius 3 is 1.38 bits per heavy atom. The van der Waals surface area contributed by atoms with Crippen LogP contribution >= 0.6 is 0 Å². The first-order chi connectivity index (χ1) is 25.1. The lowest BCUT2D eigenvalue weighted by atomic mass is 9.59. The van der Waals surface area contributed by atoms with Gasteiger partial charge in [0.2, 0.25) is 0 Å². The highest BCUT2D eigenvalue weighted by molar-refractivity contribution is 5.55. The SMILES string of the molecule is CCCCCCCCC1CCC(C2CCC(c3cc(C)c(Oc4ccc(N)cc4)c(C)c3)(c3cc(C)c(Oc4ccc(N)cc4)c(C)c3)CC2)CC1. The van der Waals surface area contributed by atoms with Gasteiger partial charge in [-0.2, -0.15) is 0 Å². The molecule has 0 atom stereocenters. The van der Waals surface area contributed by atoms with Gasteiger partial charge in [-0.1, -0.05) is 89.0 Å². The van der Waals surface area contributed by atoms with E-state index in [0.29, 0.717) is 0 Å². The van der Waals surface area contributed by atoms with Gasteiger partial charge in [-0.15, -0.1) is 0 Å². The van der Waals surface area contributed by atoms with Crippen molar-refractivity contribution >= 4 is 11.4 Å². The lowest BCUT2D eigenvalue weighted by molar-refractivity contribution is 0.140. The van der Waals surface area contributed by atoms with Gasteiger partial charge in [-0.25, -0.2) is 0 Å². The van der Waals surface area contributed by atoms with Crippen molar-refractivity contribution in [2.24, 2.45) is 17.8 Å². The van der Waals surface area contributed by atoms with Gasteiger partial charge in [0, 0.05) is 16.8 Å². The highest BCUT2D eigenvalue weighted by atomic mass is 16.5. The summed E-state index contributed by atoms with van der Waals surface area (Å²) in [5.41, 5.74) is 20.9. The molecule has 0 spiro atoms. The fourth-order valence-corrected chi connectivity index (χ4v) is 9.59.